The van der Waals surface area contributed by atoms with E-state index in [1.165, 1.54) is 0 Å². The van der Waals surface area contributed by atoms with Crippen molar-refractivity contribution in [3.63, 3.8) is 0 Å². The van der Waals surface area contributed by atoms with Gasteiger partial charge in [-0.1, -0.05) is 64.7 Å². The van der Waals surface area contributed by atoms with Crippen LogP contribution in [0, 0.1) is 11.8 Å². The molecule has 3 saturated heterocycles. The summed E-state index contributed by atoms with van der Waals surface area (Å²) >= 11 is 17.4. The van der Waals surface area contributed by atoms with E-state index in [-0.39, 0.29) is 36.5 Å². The first kappa shape index (κ1) is 21.4. The lowest BCUT2D eigenvalue weighted by molar-refractivity contribution is -0.129. The lowest BCUT2D eigenvalue weighted by Crippen LogP contribution is -2.54. The first-order valence-electron chi connectivity index (χ1n) is 10.4. The van der Waals surface area contributed by atoms with Crippen molar-refractivity contribution in [2.24, 2.45) is 11.8 Å². The van der Waals surface area contributed by atoms with E-state index in [2.05, 4.69) is 11.4 Å². The molecule has 31 heavy (non-hydrogen) atoms. The largest absolute Gasteiger partial charge is 0.445 e. The Bertz CT molecular complexity index is 962. The monoisotopic (exact) mass is 484 g/mol. The van der Waals surface area contributed by atoms with Gasteiger partial charge in [-0.3, -0.25) is 4.79 Å². The zero-order valence-corrected chi connectivity index (χ0v) is 19.2. The van der Waals surface area contributed by atoms with Crippen LogP contribution in [-0.2, 0) is 19.7 Å². The molecule has 0 aromatic heterocycles. The minimum atomic E-state index is -1.69. The number of anilines is 1. The molecular weight excluding hydrogens is 463 g/mol. The first-order chi connectivity index (χ1) is 14.7. The van der Waals surface area contributed by atoms with E-state index in [9.17, 15) is 9.59 Å². The van der Waals surface area contributed by atoms with Crippen LogP contribution in [0.15, 0.2) is 35.9 Å². The van der Waals surface area contributed by atoms with Crippen molar-refractivity contribution in [3.05, 3.63) is 41.5 Å². The fourth-order valence-corrected chi connectivity index (χ4v) is 6.11. The number of nitrogens with zero attached hydrogens (tertiary/aromatic N) is 1. The maximum absolute atomic E-state index is 13.4. The molecule has 4 bridgehead atoms. The third-order valence-electron chi connectivity index (χ3n) is 7.30. The van der Waals surface area contributed by atoms with Gasteiger partial charge in [0.05, 0.1) is 12.7 Å². The highest BCUT2D eigenvalue weighted by Crippen LogP contribution is 2.56. The summed E-state index contributed by atoms with van der Waals surface area (Å²) in [5.74, 6) is 0.269. The molecule has 1 spiro atoms. The summed E-state index contributed by atoms with van der Waals surface area (Å²) in [4.78, 5) is 28.2. The number of nitrogens with one attached hydrogen (secondary N) is 1. The van der Waals surface area contributed by atoms with E-state index in [0.717, 1.165) is 23.2 Å². The topological polar surface area (TPSA) is 67.9 Å². The summed E-state index contributed by atoms with van der Waals surface area (Å²) in [6.45, 7) is 2.57. The fourth-order valence-electron chi connectivity index (χ4n) is 5.94. The molecule has 5 aliphatic rings. The number of ether oxygens (including phenoxy) is 2. The number of allylic oxidation sites excluding steroid dienone is 1. The molecule has 1 aromatic carbocycles. The van der Waals surface area contributed by atoms with Gasteiger partial charge >= 0.3 is 6.09 Å². The maximum atomic E-state index is 13.4. The molecule has 1 saturated carbocycles. The van der Waals surface area contributed by atoms with Gasteiger partial charge in [-0.15, -0.1) is 0 Å². The van der Waals surface area contributed by atoms with Crippen molar-refractivity contribution in [1.82, 2.24) is 4.90 Å². The van der Waals surface area contributed by atoms with Gasteiger partial charge in [-0.05, 0) is 37.3 Å². The summed E-state index contributed by atoms with van der Waals surface area (Å²) in [5.41, 5.74) is 2.06. The Morgan fingerprint density at radius 1 is 1.39 bits per heavy atom. The predicted molar refractivity (Wildman–Crippen MR) is 119 cm³/mol. The molecule has 9 heteroatoms. The second kappa shape index (κ2) is 7.55. The molecule has 2 amide bonds. The second-order valence-corrected chi connectivity index (χ2v) is 11.2. The minimum absolute atomic E-state index is 0.0662. The van der Waals surface area contributed by atoms with Crippen molar-refractivity contribution in [2.75, 3.05) is 25.1 Å². The molecule has 4 heterocycles. The van der Waals surface area contributed by atoms with Gasteiger partial charge < -0.3 is 19.7 Å². The molecule has 0 radical (unpaired) electrons. The van der Waals surface area contributed by atoms with Gasteiger partial charge in [0.1, 0.15) is 12.0 Å². The average molecular weight is 486 g/mol. The number of rotatable bonds is 1. The van der Waals surface area contributed by atoms with Crippen LogP contribution in [0.4, 0.5) is 10.5 Å². The Labute approximate surface area is 195 Å². The van der Waals surface area contributed by atoms with Crippen LogP contribution in [0.1, 0.15) is 25.3 Å². The lowest BCUT2D eigenvalue weighted by atomic mass is 9.72. The highest BCUT2D eigenvalue weighted by atomic mass is 35.6. The van der Waals surface area contributed by atoms with Crippen LogP contribution >= 0.6 is 34.8 Å². The Kier molecular flexibility index (Phi) is 5.20. The quantitative estimate of drug-likeness (QED) is 0.472. The summed E-state index contributed by atoms with van der Waals surface area (Å²) in [7, 11) is 0. The van der Waals surface area contributed by atoms with Gasteiger partial charge in [0.2, 0.25) is 9.70 Å². The van der Waals surface area contributed by atoms with Gasteiger partial charge in [-0.25, -0.2) is 4.79 Å². The zero-order chi connectivity index (χ0) is 22.0. The molecule has 5 atom stereocenters. The Hall–Kier alpha value is -1.47. The van der Waals surface area contributed by atoms with E-state index in [0.29, 0.717) is 19.6 Å². The van der Waals surface area contributed by atoms with E-state index < -0.39 is 15.3 Å². The molecule has 1 N–H and O–H groups in total. The number of para-hydroxylation sites is 1. The number of fused-ring (bicyclic) bond motifs is 2. The minimum Gasteiger partial charge on any atom is -0.445 e. The van der Waals surface area contributed by atoms with E-state index in [1.54, 1.807) is 4.90 Å². The third kappa shape index (κ3) is 3.34. The van der Waals surface area contributed by atoms with Crippen molar-refractivity contribution in [1.29, 1.82) is 0 Å². The molecule has 1 aliphatic carbocycles. The first-order valence-corrected chi connectivity index (χ1v) is 11.6. The maximum Gasteiger partial charge on any atom is 0.410 e. The van der Waals surface area contributed by atoms with E-state index >= 15 is 0 Å². The standard InChI is InChI=1S/C22H23Cl3N2O4/c1-2-12-9-27(20(29)31-11-22(23,24)25)17-8-21(18-7-13(12)14(17)10-30-18)15-5-3-4-6-16(15)26-19(21)28/h2-6,13-14,17-18H,7-11H2,1H3,(H,26,28)/b12-2-/t13-,14-,17-,18-,21-/m0/s1. The van der Waals surface area contributed by atoms with E-state index in [1.807, 2.05) is 31.2 Å². The number of carbonyl (C=O) groups is 2. The van der Waals surface area contributed by atoms with Crippen LogP contribution in [0.25, 0.3) is 0 Å². The molecule has 6 nitrogen and oxygen atoms in total. The van der Waals surface area contributed by atoms with Crippen molar-refractivity contribution in [3.8, 4) is 0 Å². The molecule has 4 aliphatic heterocycles. The Morgan fingerprint density at radius 2 is 2.16 bits per heavy atom. The van der Waals surface area contributed by atoms with Crippen LogP contribution in [-0.4, -0.2) is 52.6 Å². The van der Waals surface area contributed by atoms with Crippen LogP contribution < -0.4 is 5.32 Å². The molecule has 6 rings (SSSR count). The predicted octanol–water partition coefficient (Wildman–Crippen LogP) is 4.44. The van der Waals surface area contributed by atoms with Gasteiger partial charge in [-0.2, -0.15) is 0 Å². The van der Waals surface area contributed by atoms with E-state index in [4.69, 9.17) is 44.3 Å². The normalized spacial score (nSPS) is 35.2. The number of amides is 2. The van der Waals surface area contributed by atoms with Crippen LogP contribution in [0.2, 0.25) is 0 Å². The van der Waals surface area contributed by atoms with Crippen LogP contribution in [0.3, 0.4) is 0 Å². The van der Waals surface area contributed by atoms with Crippen molar-refractivity contribution >= 4 is 52.5 Å². The highest BCUT2D eigenvalue weighted by Gasteiger charge is 2.62. The van der Waals surface area contributed by atoms with Gasteiger partial charge in [0, 0.05) is 24.2 Å². The molecule has 166 valence electrons. The number of halogens is 3. The molecule has 0 unspecified atom stereocenters. The number of benzene rings is 1. The third-order valence-corrected chi connectivity index (χ3v) is 7.63. The number of alkyl halides is 3. The smallest absolute Gasteiger partial charge is 0.410 e. The number of hydrogen-bond donors (Lipinski definition) is 1. The summed E-state index contributed by atoms with van der Waals surface area (Å²) in [5, 5.41) is 3.04. The number of hydrogen-bond acceptors (Lipinski definition) is 4. The fraction of sp³-hybridized carbons (Fsp3) is 0.545. The highest BCUT2D eigenvalue weighted by molar-refractivity contribution is 6.67. The number of piperidine rings is 1. The summed E-state index contributed by atoms with van der Waals surface area (Å²) in [6, 6.07) is 7.52. The van der Waals surface area contributed by atoms with Crippen LogP contribution in [0.5, 0.6) is 0 Å². The molecule has 4 fully saturated rings. The Balaban J connectivity index is 1.56. The van der Waals surface area contributed by atoms with Gasteiger partial charge in [0.25, 0.3) is 0 Å². The van der Waals surface area contributed by atoms with Crippen molar-refractivity contribution in [2.45, 2.75) is 41.1 Å². The lowest BCUT2D eigenvalue weighted by Gasteiger charge is -2.46. The SMILES string of the molecule is C/C=C1/CN(C(=O)OCC(Cl)(Cl)Cl)[C@H]2C[C@@]3(C(=O)Nc4ccccc43)[C@@H]3C[C@@H]1[C@@H]2CO3. The number of likely N-dealkylation sites (tertiary alicyclic amines) is 1. The van der Waals surface area contributed by atoms with Crippen molar-refractivity contribution < 1.29 is 19.1 Å². The molecule has 1 aromatic rings. The van der Waals surface area contributed by atoms with Gasteiger partial charge in [0.15, 0.2) is 0 Å². The summed E-state index contributed by atoms with van der Waals surface area (Å²) < 4.78 is 9.97. The average Bonchev–Trinajstić information content (AvgIpc) is 2.86. The summed E-state index contributed by atoms with van der Waals surface area (Å²) in [6.07, 6.45) is 2.49. The Morgan fingerprint density at radius 3 is 2.90 bits per heavy atom. The zero-order valence-electron chi connectivity index (χ0n) is 16.9. The number of carbonyl (C=O) groups excluding carboxylic acids is 2. The molecular formula is C22H23Cl3N2O4. The second-order valence-electron chi connectivity index (χ2n) is 8.73.